The molecule has 0 bridgehead atoms. The third kappa shape index (κ3) is 17.7. The van der Waals surface area contributed by atoms with Gasteiger partial charge in [0.05, 0.1) is 56.3 Å². The van der Waals surface area contributed by atoms with Crippen LogP contribution in [0.4, 0.5) is 61.5 Å². The molecule has 2 unspecified atom stereocenters. The van der Waals surface area contributed by atoms with Crippen LogP contribution < -0.4 is 26.6 Å². The van der Waals surface area contributed by atoms with Crippen molar-refractivity contribution in [1.82, 2.24) is 64.8 Å². The van der Waals surface area contributed by atoms with E-state index in [4.69, 9.17) is 49.8 Å². The summed E-state index contributed by atoms with van der Waals surface area (Å²) in [5.41, 5.74) is 20.8. The van der Waals surface area contributed by atoms with Gasteiger partial charge in [0.1, 0.15) is 11.0 Å². The van der Waals surface area contributed by atoms with Gasteiger partial charge in [0, 0.05) is 166 Å². The van der Waals surface area contributed by atoms with Gasteiger partial charge < -0.3 is 21.3 Å². The summed E-state index contributed by atoms with van der Waals surface area (Å²) in [6.45, 7) is 6.30. The summed E-state index contributed by atoms with van der Waals surface area (Å²) in [4.78, 5) is 64.9. The number of aromatic nitrogens is 13. The highest BCUT2D eigenvalue weighted by molar-refractivity contribution is 8.00. The first-order valence-corrected chi connectivity index (χ1v) is 43.3. The Balaban J connectivity index is 0.000000103. The van der Waals surface area contributed by atoms with E-state index >= 15 is 0 Å². The molecule has 0 radical (unpaired) electrons. The SMILES string of the molecule is CC1Sc2ccc(Cl)cc2-c2nc(Nc3nc4ccccc4s3)ncc21.Cc1csc(Nc2ncc3c(n2)-c2cc(Cl)ccc2SC3C)n1.Clc1ccc(Nc2ncc3c(n2)-c2ccccc2SC3)cn1.Fc1ccc(Nc2ncc3c(n2)-c2ccccc2SC3)cc1.c1ccc(Nc2ncc3c(n2)-c2ccccc2SC3)cc1. The third-order valence-electron chi connectivity index (χ3n) is 18.1. The molecular formula is C85H62Cl3FN18S7. The second kappa shape index (κ2) is 34.6. The summed E-state index contributed by atoms with van der Waals surface area (Å²) < 4.78 is 14.1. The Hall–Kier alpha value is -10.6. The molecule has 562 valence electrons. The van der Waals surface area contributed by atoms with Crippen molar-refractivity contribution < 1.29 is 4.39 Å². The van der Waals surface area contributed by atoms with Gasteiger partial charge in [-0.2, -0.15) is 0 Å². The van der Waals surface area contributed by atoms with E-state index in [0.29, 0.717) is 55.4 Å². The summed E-state index contributed by atoms with van der Waals surface area (Å²) in [7, 11) is 0. The van der Waals surface area contributed by atoms with Crippen LogP contribution >= 0.6 is 116 Å². The zero-order valence-electron chi connectivity index (χ0n) is 60.6. The molecule has 0 fully saturated rings. The molecule has 5 aliphatic rings. The maximum atomic E-state index is 13.0. The number of pyridine rings is 1. The fraction of sp³-hybridized carbons (Fsp3) is 0.0941. The van der Waals surface area contributed by atoms with Crippen LogP contribution in [0, 0.1) is 12.7 Å². The molecule has 18 nitrogen and oxygen atoms in total. The summed E-state index contributed by atoms with van der Waals surface area (Å²) in [6, 6.07) is 64.6. The van der Waals surface area contributed by atoms with Crippen LogP contribution in [-0.2, 0) is 17.3 Å². The average Bonchev–Trinajstić information content (AvgIpc) is 1.08. The number of anilines is 10. The second-order valence-corrected chi connectivity index (χ2v) is 35.0. The minimum Gasteiger partial charge on any atom is -0.324 e. The Morgan fingerprint density at radius 2 is 0.798 bits per heavy atom. The van der Waals surface area contributed by atoms with Crippen molar-refractivity contribution in [3.8, 4) is 56.3 Å². The summed E-state index contributed by atoms with van der Waals surface area (Å²) in [5.74, 6) is 5.27. The van der Waals surface area contributed by atoms with Crippen molar-refractivity contribution in [2.45, 2.75) is 73.0 Å². The zero-order chi connectivity index (χ0) is 77.6. The van der Waals surface area contributed by atoms with Crippen LogP contribution in [0.15, 0.2) is 267 Å². The highest BCUT2D eigenvalue weighted by Crippen LogP contribution is 2.51. The molecule has 16 aromatic rings. The number of hydrogen-bond acceptors (Lipinski definition) is 25. The van der Waals surface area contributed by atoms with Crippen molar-refractivity contribution >= 4 is 184 Å². The Labute approximate surface area is 699 Å². The van der Waals surface area contributed by atoms with Crippen molar-refractivity contribution in [3.05, 3.63) is 297 Å². The molecule has 5 N–H and O–H groups in total. The largest absolute Gasteiger partial charge is 0.324 e. The van der Waals surface area contributed by atoms with Crippen molar-refractivity contribution in [2.75, 3.05) is 26.6 Å². The first kappa shape index (κ1) is 76.0. The lowest BCUT2D eigenvalue weighted by molar-refractivity contribution is 0.628. The molecule has 0 saturated carbocycles. The molecule has 5 aliphatic heterocycles. The standard InChI is InChI=1S/C19H13ClN4S2.C17H12FN3S.C17H13N3S.C16H13ClN4S2.C16H11ClN4S/c1-10-13-9-21-18(24-19-22-14-4-2-3-5-16(14)26-19)23-17(13)12-8-11(20)6-7-15(12)25-10;18-12-5-7-13(8-6-12)20-17-19-9-11-10-22-15-4-2-1-3-14(15)16(11)21-17;1-2-6-13(7-3-1)19-17-18-10-12-11-21-15-9-5-4-8-14(15)16(12)20-17;1-8-7-22-16(19-8)21-15-18-6-12-9(2)23-13-4-3-10(17)5-11(13)14(12)20-15;17-14-6-5-11(8-18-14)20-16-19-7-10-9-22-13-4-2-1-3-12(13)15(10)21-16/h2-10H,1H3,(H,21,22,23,24);1-9H,10H2,(H,19,20,21);1-10H,11H2,(H,18,19,20);3-7,9H,1-2H3,(H,18,19,20,21);1-8H,9H2,(H,19,20,21). The number of hydrogen-bond donors (Lipinski definition) is 5. The molecule has 0 spiro atoms. The van der Waals surface area contributed by atoms with E-state index in [0.717, 1.165) is 133 Å². The maximum absolute atomic E-state index is 13.0. The van der Waals surface area contributed by atoms with Gasteiger partial charge in [0.25, 0.3) is 0 Å². The number of benzene rings is 8. The van der Waals surface area contributed by atoms with Crippen LogP contribution in [0.25, 0.3) is 66.5 Å². The number of halogens is 4. The lowest BCUT2D eigenvalue weighted by atomic mass is 10.0. The molecule has 8 aromatic carbocycles. The van der Waals surface area contributed by atoms with E-state index < -0.39 is 0 Å². The Bertz CT molecular complexity index is 6060. The molecule has 8 aromatic heterocycles. The van der Waals surface area contributed by atoms with Gasteiger partial charge in [-0.1, -0.05) is 131 Å². The van der Waals surface area contributed by atoms with Crippen molar-refractivity contribution in [1.29, 1.82) is 0 Å². The van der Waals surface area contributed by atoms with Gasteiger partial charge in [-0.3, -0.25) is 5.32 Å². The van der Waals surface area contributed by atoms with Gasteiger partial charge >= 0.3 is 0 Å². The minimum absolute atomic E-state index is 0.261. The molecule has 13 heterocycles. The zero-order valence-corrected chi connectivity index (χ0v) is 68.5. The number of thioether (sulfide) groups is 5. The summed E-state index contributed by atoms with van der Waals surface area (Å²) in [5, 5.41) is 22.0. The Morgan fingerprint density at radius 3 is 1.28 bits per heavy atom. The van der Waals surface area contributed by atoms with Gasteiger partial charge in [-0.25, -0.2) is 69.2 Å². The lowest BCUT2D eigenvalue weighted by Gasteiger charge is -2.23. The first-order chi connectivity index (χ1) is 55.8. The number of fused-ring (bicyclic) bond motifs is 16. The van der Waals surface area contributed by atoms with Crippen LogP contribution in [0.5, 0.6) is 0 Å². The van der Waals surface area contributed by atoms with Gasteiger partial charge in [0.2, 0.25) is 29.7 Å². The number of nitrogens with zero attached hydrogens (tertiary/aromatic N) is 13. The van der Waals surface area contributed by atoms with Crippen LogP contribution in [-0.4, -0.2) is 64.8 Å². The number of nitrogens with one attached hydrogen (secondary N) is 5. The molecule has 0 aliphatic carbocycles. The molecule has 114 heavy (non-hydrogen) atoms. The quantitative estimate of drug-likeness (QED) is 0.0802. The highest BCUT2D eigenvalue weighted by atomic mass is 35.5. The number of aryl methyl sites for hydroxylation is 1. The number of thiazole rings is 2. The third-order valence-corrected chi connectivity index (χ3v) is 26.5. The maximum Gasteiger partial charge on any atom is 0.229 e. The smallest absolute Gasteiger partial charge is 0.229 e. The molecule has 21 rings (SSSR count). The second-order valence-electron chi connectivity index (χ2n) is 26.0. The fourth-order valence-electron chi connectivity index (χ4n) is 12.7. The van der Waals surface area contributed by atoms with Crippen molar-refractivity contribution in [2.24, 2.45) is 0 Å². The van der Waals surface area contributed by atoms with E-state index in [1.165, 1.54) is 47.7 Å². The predicted molar refractivity (Wildman–Crippen MR) is 470 cm³/mol. The first-order valence-electron chi connectivity index (χ1n) is 35.7. The number of para-hydroxylation sites is 2. The van der Waals surface area contributed by atoms with Crippen LogP contribution in [0.3, 0.4) is 0 Å². The Kier molecular flexibility index (Phi) is 23.1. The minimum atomic E-state index is -0.261. The highest BCUT2D eigenvalue weighted by Gasteiger charge is 2.28. The van der Waals surface area contributed by atoms with Gasteiger partial charge in [-0.05, 0) is 136 Å². The lowest BCUT2D eigenvalue weighted by Crippen LogP contribution is -2.06. The topological polar surface area (TPSA) is 228 Å². The summed E-state index contributed by atoms with van der Waals surface area (Å²) in [6.07, 6.45) is 11.1. The fourth-order valence-corrected chi connectivity index (χ4v) is 20.0. The molecule has 0 saturated heterocycles. The van der Waals surface area contributed by atoms with E-state index in [1.54, 1.807) is 70.6 Å². The molecule has 2 atom stereocenters. The molecular weight excluding hydrogens is 1620 g/mol. The average molecular weight is 1690 g/mol. The van der Waals surface area contributed by atoms with E-state index in [2.05, 4.69) is 163 Å². The van der Waals surface area contributed by atoms with Crippen LogP contribution in [0.2, 0.25) is 15.2 Å². The monoisotopic (exact) mass is 1680 g/mol. The normalized spacial score (nSPS) is 13.8. The summed E-state index contributed by atoms with van der Waals surface area (Å²) >= 11 is 30.4. The van der Waals surface area contributed by atoms with E-state index in [-0.39, 0.29) is 5.82 Å². The Morgan fingerprint density at radius 1 is 0.368 bits per heavy atom. The number of rotatable bonds is 10. The van der Waals surface area contributed by atoms with Gasteiger partial charge in [0.15, 0.2) is 10.3 Å². The van der Waals surface area contributed by atoms with Crippen LogP contribution in [0.1, 0.15) is 57.9 Å². The molecule has 29 heteroatoms. The predicted octanol–water partition coefficient (Wildman–Crippen LogP) is 25.5. The van der Waals surface area contributed by atoms with E-state index in [1.807, 2.05) is 176 Å². The van der Waals surface area contributed by atoms with E-state index in [9.17, 15) is 4.39 Å². The molecule has 0 amide bonds. The van der Waals surface area contributed by atoms with Crippen molar-refractivity contribution in [3.63, 3.8) is 0 Å². The van der Waals surface area contributed by atoms with Gasteiger partial charge in [-0.15, -0.1) is 70.1 Å².